The molecule has 2 heteroatoms. The van der Waals surface area contributed by atoms with Crippen LogP contribution in [0.15, 0.2) is 24.3 Å². The number of nitrogens with two attached hydrogens (primary N) is 1. The first-order valence-corrected chi connectivity index (χ1v) is 7.38. The lowest BCUT2D eigenvalue weighted by Gasteiger charge is -2.40. The zero-order valence-corrected chi connectivity index (χ0v) is 11.2. The normalized spacial score (nSPS) is 23.6. The first kappa shape index (κ1) is 12.2. The quantitative estimate of drug-likeness (QED) is 0.885. The Morgan fingerprint density at radius 1 is 1.00 bits per heavy atom. The van der Waals surface area contributed by atoms with Crippen molar-refractivity contribution in [2.24, 2.45) is 5.73 Å². The molecule has 1 aromatic rings. The lowest BCUT2D eigenvalue weighted by Crippen LogP contribution is -2.44. The summed E-state index contributed by atoms with van der Waals surface area (Å²) < 4.78 is 0. The van der Waals surface area contributed by atoms with E-state index in [-0.39, 0.29) is 5.54 Å². The van der Waals surface area contributed by atoms with Gasteiger partial charge in [-0.05, 0) is 56.3 Å². The van der Waals surface area contributed by atoms with E-state index in [1.807, 2.05) is 0 Å². The fraction of sp³-hybridized carbons (Fsp3) is 0.625. The van der Waals surface area contributed by atoms with Crippen LogP contribution < -0.4 is 5.73 Å². The maximum atomic E-state index is 6.51. The van der Waals surface area contributed by atoms with Gasteiger partial charge in [0.25, 0.3) is 0 Å². The lowest BCUT2D eigenvalue weighted by molar-refractivity contribution is 0.212. The van der Waals surface area contributed by atoms with Crippen molar-refractivity contribution >= 4 is 0 Å². The van der Waals surface area contributed by atoms with Crippen LogP contribution in [0.5, 0.6) is 0 Å². The molecule has 0 spiro atoms. The van der Waals surface area contributed by atoms with Crippen molar-refractivity contribution in [3.05, 3.63) is 35.4 Å². The van der Waals surface area contributed by atoms with E-state index in [2.05, 4.69) is 29.2 Å². The van der Waals surface area contributed by atoms with Crippen molar-refractivity contribution < 1.29 is 0 Å². The number of likely N-dealkylation sites (tertiary alicyclic amines) is 1. The van der Waals surface area contributed by atoms with Gasteiger partial charge in [-0.25, -0.2) is 0 Å². The van der Waals surface area contributed by atoms with Gasteiger partial charge < -0.3 is 5.73 Å². The number of hydrogen-bond acceptors (Lipinski definition) is 2. The van der Waals surface area contributed by atoms with E-state index < -0.39 is 0 Å². The molecule has 2 N–H and O–H groups in total. The highest BCUT2D eigenvalue weighted by Crippen LogP contribution is 2.40. The molecule has 1 aromatic carbocycles. The molecule has 18 heavy (non-hydrogen) atoms. The SMILES string of the molecule is NC1(c2ccccc2CN2CCCCC2)CCC1. The van der Waals surface area contributed by atoms with Crippen molar-refractivity contribution in [2.45, 2.75) is 50.6 Å². The highest BCUT2D eigenvalue weighted by Gasteiger charge is 2.35. The average molecular weight is 244 g/mol. The van der Waals surface area contributed by atoms with Crippen molar-refractivity contribution in [3.8, 4) is 0 Å². The number of benzene rings is 1. The maximum Gasteiger partial charge on any atom is 0.0412 e. The van der Waals surface area contributed by atoms with Gasteiger partial charge in [-0.15, -0.1) is 0 Å². The van der Waals surface area contributed by atoms with Crippen LogP contribution in [0.3, 0.4) is 0 Å². The molecule has 0 radical (unpaired) electrons. The van der Waals surface area contributed by atoms with Crippen LogP contribution in [0.25, 0.3) is 0 Å². The molecule has 0 amide bonds. The molecule has 2 fully saturated rings. The highest BCUT2D eigenvalue weighted by atomic mass is 15.1. The summed E-state index contributed by atoms with van der Waals surface area (Å²) in [5, 5.41) is 0. The summed E-state index contributed by atoms with van der Waals surface area (Å²) in [6.45, 7) is 3.60. The highest BCUT2D eigenvalue weighted by molar-refractivity contribution is 5.35. The molecule has 2 aliphatic rings. The first-order valence-electron chi connectivity index (χ1n) is 7.38. The fourth-order valence-electron chi connectivity index (χ4n) is 3.33. The molecule has 1 saturated heterocycles. The molecule has 1 aliphatic heterocycles. The smallest absolute Gasteiger partial charge is 0.0412 e. The topological polar surface area (TPSA) is 29.3 Å². The Morgan fingerprint density at radius 2 is 1.72 bits per heavy atom. The molecule has 98 valence electrons. The minimum Gasteiger partial charge on any atom is -0.321 e. The minimum atomic E-state index is -0.0214. The molecular weight excluding hydrogens is 220 g/mol. The van der Waals surface area contributed by atoms with Gasteiger partial charge in [-0.1, -0.05) is 30.7 Å². The number of rotatable bonds is 3. The third kappa shape index (κ3) is 2.32. The second-order valence-electron chi connectivity index (χ2n) is 6.00. The van der Waals surface area contributed by atoms with E-state index in [0.29, 0.717) is 0 Å². The second-order valence-corrected chi connectivity index (χ2v) is 6.00. The van der Waals surface area contributed by atoms with E-state index >= 15 is 0 Å². The molecule has 0 atom stereocenters. The van der Waals surface area contributed by atoms with E-state index in [4.69, 9.17) is 5.73 Å². The average Bonchev–Trinajstić information content (AvgIpc) is 2.38. The molecule has 3 rings (SSSR count). The Bertz CT molecular complexity index is 403. The van der Waals surface area contributed by atoms with Crippen LogP contribution in [-0.2, 0) is 12.1 Å². The van der Waals surface area contributed by atoms with Crippen LogP contribution in [0.1, 0.15) is 49.7 Å². The molecule has 1 heterocycles. The van der Waals surface area contributed by atoms with Crippen molar-refractivity contribution in [2.75, 3.05) is 13.1 Å². The predicted molar refractivity (Wildman–Crippen MR) is 75.3 cm³/mol. The van der Waals surface area contributed by atoms with Gasteiger partial charge in [0.15, 0.2) is 0 Å². The summed E-state index contributed by atoms with van der Waals surface area (Å²) in [7, 11) is 0. The van der Waals surface area contributed by atoms with Gasteiger partial charge in [0.05, 0.1) is 0 Å². The summed E-state index contributed by atoms with van der Waals surface area (Å²) in [5.74, 6) is 0. The molecular formula is C16H24N2. The van der Waals surface area contributed by atoms with Crippen LogP contribution in [0, 0.1) is 0 Å². The van der Waals surface area contributed by atoms with Gasteiger partial charge in [-0.2, -0.15) is 0 Å². The van der Waals surface area contributed by atoms with Crippen LogP contribution >= 0.6 is 0 Å². The zero-order chi connectivity index (χ0) is 12.4. The fourth-order valence-corrected chi connectivity index (χ4v) is 3.33. The zero-order valence-electron chi connectivity index (χ0n) is 11.2. The van der Waals surface area contributed by atoms with Crippen LogP contribution in [0.4, 0.5) is 0 Å². The summed E-state index contributed by atoms with van der Waals surface area (Å²) in [6, 6.07) is 8.82. The maximum absolute atomic E-state index is 6.51. The number of piperidine rings is 1. The summed E-state index contributed by atoms with van der Waals surface area (Å²) in [5.41, 5.74) is 9.35. The second kappa shape index (κ2) is 5.02. The van der Waals surface area contributed by atoms with Crippen molar-refractivity contribution in [3.63, 3.8) is 0 Å². The molecule has 0 aromatic heterocycles. The molecule has 1 aliphatic carbocycles. The third-order valence-electron chi connectivity index (χ3n) is 4.64. The van der Waals surface area contributed by atoms with E-state index in [9.17, 15) is 0 Å². The van der Waals surface area contributed by atoms with Gasteiger partial charge in [-0.3, -0.25) is 4.90 Å². The van der Waals surface area contributed by atoms with Crippen molar-refractivity contribution in [1.29, 1.82) is 0 Å². The first-order chi connectivity index (χ1) is 8.78. The van der Waals surface area contributed by atoms with Crippen LogP contribution in [0.2, 0.25) is 0 Å². The van der Waals surface area contributed by atoms with Gasteiger partial charge in [0.1, 0.15) is 0 Å². The van der Waals surface area contributed by atoms with E-state index in [0.717, 1.165) is 19.4 Å². The Kier molecular flexibility index (Phi) is 3.40. The van der Waals surface area contributed by atoms with E-state index in [1.54, 1.807) is 0 Å². The number of hydrogen-bond donors (Lipinski definition) is 1. The predicted octanol–water partition coefficient (Wildman–Crippen LogP) is 3.01. The van der Waals surface area contributed by atoms with Gasteiger partial charge in [0, 0.05) is 12.1 Å². The van der Waals surface area contributed by atoms with Crippen LogP contribution in [-0.4, -0.2) is 18.0 Å². The van der Waals surface area contributed by atoms with Gasteiger partial charge in [0.2, 0.25) is 0 Å². The molecule has 0 unspecified atom stereocenters. The lowest BCUT2D eigenvalue weighted by atomic mass is 9.71. The monoisotopic (exact) mass is 244 g/mol. The Labute approximate surface area is 110 Å². The Hall–Kier alpha value is -0.860. The summed E-state index contributed by atoms with van der Waals surface area (Å²) in [4.78, 5) is 2.59. The minimum absolute atomic E-state index is 0.0214. The summed E-state index contributed by atoms with van der Waals surface area (Å²) in [6.07, 6.45) is 7.72. The standard InChI is InChI=1S/C16H24N2/c17-16(9-6-10-16)15-8-3-2-7-14(15)13-18-11-4-1-5-12-18/h2-3,7-8H,1,4-6,9-13,17H2. The molecule has 2 nitrogen and oxygen atoms in total. The Morgan fingerprint density at radius 3 is 2.39 bits per heavy atom. The van der Waals surface area contributed by atoms with Gasteiger partial charge >= 0.3 is 0 Å². The molecule has 1 saturated carbocycles. The largest absolute Gasteiger partial charge is 0.321 e. The molecule has 0 bridgehead atoms. The summed E-state index contributed by atoms with van der Waals surface area (Å²) >= 11 is 0. The third-order valence-corrected chi connectivity index (χ3v) is 4.64. The Balaban J connectivity index is 1.78. The number of nitrogens with zero attached hydrogens (tertiary/aromatic N) is 1. The van der Waals surface area contributed by atoms with Crippen molar-refractivity contribution in [1.82, 2.24) is 4.90 Å². The van der Waals surface area contributed by atoms with E-state index in [1.165, 1.54) is 49.9 Å².